The van der Waals surface area contributed by atoms with Gasteiger partial charge in [0.15, 0.2) is 6.29 Å². The summed E-state index contributed by atoms with van der Waals surface area (Å²) in [6.07, 6.45) is 45.0. The van der Waals surface area contributed by atoms with Crippen molar-refractivity contribution in [3.8, 4) is 0 Å². The van der Waals surface area contributed by atoms with Gasteiger partial charge in [-0.1, -0.05) is 192 Å². The van der Waals surface area contributed by atoms with E-state index in [2.05, 4.69) is 43.5 Å². The first-order valence-electron chi connectivity index (χ1n) is 27.8. The molecule has 1 fully saturated rings. The number of hydrogen-bond donors (Lipinski definition) is 6. The number of nitrogens with one attached hydrogen (secondary N) is 1. The Balaban J connectivity index is 2.16. The zero-order chi connectivity index (χ0) is 48.8. The third kappa shape index (κ3) is 36.5. The molecule has 1 rings (SSSR count). The van der Waals surface area contributed by atoms with Crippen molar-refractivity contribution in [1.29, 1.82) is 0 Å². The number of esters is 1. The largest absolute Gasteiger partial charge is 0.466 e. The van der Waals surface area contributed by atoms with E-state index >= 15 is 0 Å². The molecule has 0 bridgehead atoms. The predicted octanol–water partition coefficient (Wildman–Crippen LogP) is 11.9. The number of aliphatic hydroxyl groups excluding tert-OH is 5. The van der Waals surface area contributed by atoms with Crippen molar-refractivity contribution in [2.24, 2.45) is 0 Å². The first kappa shape index (κ1) is 62.9. The highest BCUT2D eigenvalue weighted by molar-refractivity contribution is 5.76. The molecule has 11 heteroatoms. The van der Waals surface area contributed by atoms with E-state index in [1.165, 1.54) is 128 Å². The number of aliphatic hydroxyl groups is 5. The molecule has 0 aromatic rings. The molecule has 1 amide bonds. The van der Waals surface area contributed by atoms with Crippen LogP contribution in [0.5, 0.6) is 0 Å². The number of hydrogen-bond acceptors (Lipinski definition) is 10. The lowest BCUT2D eigenvalue weighted by molar-refractivity contribution is -0.302. The zero-order valence-corrected chi connectivity index (χ0v) is 42.9. The van der Waals surface area contributed by atoms with Gasteiger partial charge in [0, 0.05) is 12.8 Å². The molecule has 0 radical (unpaired) electrons. The summed E-state index contributed by atoms with van der Waals surface area (Å²) >= 11 is 0. The lowest BCUT2D eigenvalue weighted by atomic mass is 9.99. The minimum absolute atomic E-state index is 0.0324. The van der Waals surface area contributed by atoms with E-state index < -0.39 is 49.5 Å². The van der Waals surface area contributed by atoms with Gasteiger partial charge in [-0.25, -0.2) is 0 Å². The first-order valence-corrected chi connectivity index (χ1v) is 27.8. The van der Waals surface area contributed by atoms with Crippen molar-refractivity contribution in [1.82, 2.24) is 5.32 Å². The fraction of sp³-hybridized carbons (Fsp3) is 0.857. The van der Waals surface area contributed by atoms with Gasteiger partial charge in [0.1, 0.15) is 24.4 Å². The van der Waals surface area contributed by atoms with Crippen LogP contribution in [0, 0.1) is 0 Å². The quantitative estimate of drug-likeness (QED) is 0.0196. The molecule has 7 atom stereocenters. The summed E-state index contributed by atoms with van der Waals surface area (Å²) in [5, 5.41) is 54.3. The van der Waals surface area contributed by atoms with Gasteiger partial charge in [0.05, 0.1) is 32.0 Å². The van der Waals surface area contributed by atoms with E-state index in [0.717, 1.165) is 89.9 Å². The average molecular weight is 950 g/mol. The summed E-state index contributed by atoms with van der Waals surface area (Å²) in [5.74, 6) is -0.232. The van der Waals surface area contributed by atoms with Gasteiger partial charge in [0.25, 0.3) is 0 Å². The Kier molecular flexibility index (Phi) is 43.4. The van der Waals surface area contributed by atoms with Crippen LogP contribution >= 0.6 is 0 Å². The van der Waals surface area contributed by atoms with Gasteiger partial charge in [0.2, 0.25) is 5.91 Å². The fourth-order valence-electron chi connectivity index (χ4n) is 8.47. The highest BCUT2D eigenvalue weighted by atomic mass is 16.7. The maximum absolute atomic E-state index is 13.0. The van der Waals surface area contributed by atoms with Crippen molar-refractivity contribution >= 4 is 11.9 Å². The number of unbranched alkanes of at least 4 members (excludes halogenated alkanes) is 29. The molecule has 392 valence electrons. The third-order valence-corrected chi connectivity index (χ3v) is 13.0. The van der Waals surface area contributed by atoms with E-state index in [1.807, 2.05) is 6.08 Å². The van der Waals surface area contributed by atoms with E-state index in [1.54, 1.807) is 6.08 Å². The molecule has 0 aliphatic carbocycles. The van der Waals surface area contributed by atoms with Crippen molar-refractivity contribution < 1.29 is 49.3 Å². The molecule has 1 heterocycles. The van der Waals surface area contributed by atoms with Crippen LogP contribution in [0.4, 0.5) is 0 Å². The molecule has 0 aromatic carbocycles. The molecule has 6 N–H and O–H groups in total. The standard InChI is InChI=1S/C56H103NO10/c1-3-5-7-9-11-13-15-23-26-30-34-38-42-49(59)48(47-66-56-55(64)54(63)53(62)50(46-58)67-56)57-51(60)43-39-35-31-27-24-20-18-16-17-19-21-25-29-33-37-41-45-65-52(61)44-40-36-32-28-22-14-12-10-8-6-4-2/h10,12,16,18,38,42,48-50,53-56,58-59,62-64H,3-9,11,13-15,17,19-37,39-41,43-47H2,1-2H3,(H,57,60)/b12-10-,18-16-,42-38+. The topological polar surface area (TPSA) is 175 Å². The summed E-state index contributed by atoms with van der Waals surface area (Å²) < 4.78 is 16.7. The van der Waals surface area contributed by atoms with Crippen LogP contribution in [0.1, 0.15) is 245 Å². The lowest BCUT2D eigenvalue weighted by Crippen LogP contribution is -2.60. The predicted molar refractivity (Wildman–Crippen MR) is 274 cm³/mol. The van der Waals surface area contributed by atoms with Crippen LogP contribution in [0.15, 0.2) is 36.5 Å². The highest BCUT2D eigenvalue weighted by Gasteiger charge is 2.44. The molecule has 7 unspecified atom stereocenters. The Morgan fingerprint density at radius 3 is 1.48 bits per heavy atom. The normalized spacial score (nSPS) is 19.8. The minimum atomic E-state index is -1.58. The Morgan fingerprint density at radius 2 is 0.970 bits per heavy atom. The van der Waals surface area contributed by atoms with E-state index in [0.29, 0.717) is 19.4 Å². The van der Waals surface area contributed by atoms with Crippen LogP contribution < -0.4 is 5.32 Å². The summed E-state index contributed by atoms with van der Waals surface area (Å²) in [4.78, 5) is 25.0. The highest BCUT2D eigenvalue weighted by Crippen LogP contribution is 2.23. The lowest BCUT2D eigenvalue weighted by Gasteiger charge is -2.40. The van der Waals surface area contributed by atoms with E-state index in [-0.39, 0.29) is 18.5 Å². The SMILES string of the molecule is CCCC/C=C\CCCCCCCC(=O)OCCCCCCCCC/C=C\CCCCCCCC(=O)NC(COC1OC(CO)C(O)C(O)C1O)C(O)/C=C/CCCCCCCCCCCC. The fourth-order valence-corrected chi connectivity index (χ4v) is 8.47. The summed E-state index contributed by atoms with van der Waals surface area (Å²) in [6, 6.07) is -0.822. The second-order valence-corrected chi connectivity index (χ2v) is 19.3. The molecule has 1 aliphatic rings. The van der Waals surface area contributed by atoms with Gasteiger partial charge in [-0.3, -0.25) is 9.59 Å². The van der Waals surface area contributed by atoms with Crippen LogP contribution in [0.3, 0.4) is 0 Å². The van der Waals surface area contributed by atoms with Crippen molar-refractivity contribution in [2.75, 3.05) is 19.8 Å². The summed E-state index contributed by atoms with van der Waals surface area (Å²) in [7, 11) is 0. The van der Waals surface area contributed by atoms with Crippen LogP contribution in [0.2, 0.25) is 0 Å². The number of amides is 1. The van der Waals surface area contributed by atoms with Crippen LogP contribution in [0.25, 0.3) is 0 Å². The summed E-state index contributed by atoms with van der Waals surface area (Å²) in [5.41, 5.74) is 0. The van der Waals surface area contributed by atoms with Crippen molar-refractivity contribution in [3.05, 3.63) is 36.5 Å². The molecule has 1 saturated heterocycles. The second-order valence-electron chi connectivity index (χ2n) is 19.3. The number of carbonyl (C=O) groups excluding carboxylic acids is 2. The summed E-state index contributed by atoms with van der Waals surface area (Å²) in [6.45, 7) is 4.25. The van der Waals surface area contributed by atoms with Gasteiger partial charge in [-0.05, 0) is 77.0 Å². The maximum atomic E-state index is 13.0. The van der Waals surface area contributed by atoms with Gasteiger partial charge < -0.3 is 45.1 Å². The van der Waals surface area contributed by atoms with Crippen LogP contribution in [-0.2, 0) is 23.8 Å². The first-order chi connectivity index (χ1) is 32.7. The molecular weight excluding hydrogens is 847 g/mol. The molecule has 0 aromatic heterocycles. The number of ether oxygens (including phenoxy) is 3. The molecule has 1 aliphatic heterocycles. The minimum Gasteiger partial charge on any atom is -0.466 e. The zero-order valence-electron chi connectivity index (χ0n) is 42.9. The Labute approximate surface area is 409 Å². The molecule has 0 spiro atoms. The number of rotatable bonds is 47. The maximum Gasteiger partial charge on any atom is 0.305 e. The van der Waals surface area contributed by atoms with Crippen molar-refractivity contribution in [3.63, 3.8) is 0 Å². The van der Waals surface area contributed by atoms with Gasteiger partial charge in [-0.15, -0.1) is 0 Å². The van der Waals surface area contributed by atoms with Gasteiger partial charge in [-0.2, -0.15) is 0 Å². The molecule has 67 heavy (non-hydrogen) atoms. The smallest absolute Gasteiger partial charge is 0.305 e. The average Bonchev–Trinajstić information content (AvgIpc) is 3.32. The number of allylic oxidation sites excluding steroid dienone is 5. The Bertz CT molecular complexity index is 1210. The molecular formula is C56H103NO10. The second kappa shape index (κ2) is 46.3. The Hall–Kier alpha value is -2.12. The molecule has 0 saturated carbocycles. The monoisotopic (exact) mass is 950 g/mol. The third-order valence-electron chi connectivity index (χ3n) is 13.0. The van der Waals surface area contributed by atoms with Gasteiger partial charge >= 0.3 is 5.97 Å². The van der Waals surface area contributed by atoms with Crippen molar-refractivity contribution in [2.45, 2.75) is 288 Å². The van der Waals surface area contributed by atoms with E-state index in [9.17, 15) is 35.1 Å². The number of carbonyl (C=O) groups is 2. The van der Waals surface area contributed by atoms with E-state index in [4.69, 9.17) is 14.2 Å². The Morgan fingerprint density at radius 1 is 0.537 bits per heavy atom. The van der Waals surface area contributed by atoms with Crippen LogP contribution in [-0.4, -0.2) is 100 Å². The molecule has 11 nitrogen and oxygen atoms in total.